The van der Waals surface area contributed by atoms with Gasteiger partial charge >= 0.3 is 6.03 Å². The average molecular weight is 440 g/mol. The molecular formula is C28H29N3O2. The number of nitrogens with zero attached hydrogens (tertiary/aromatic N) is 1. The summed E-state index contributed by atoms with van der Waals surface area (Å²) in [6.45, 7) is 5.24. The minimum absolute atomic E-state index is 0.159. The third kappa shape index (κ3) is 5.50. The van der Waals surface area contributed by atoms with Crippen molar-refractivity contribution in [1.29, 1.82) is 0 Å². The molecule has 4 aromatic rings. The van der Waals surface area contributed by atoms with Crippen LogP contribution in [0.25, 0.3) is 10.9 Å². The Morgan fingerprint density at radius 2 is 1.61 bits per heavy atom. The second-order valence-corrected chi connectivity index (χ2v) is 8.41. The molecule has 0 unspecified atom stereocenters. The van der Waals surface area contributed by atoms with Gasteiger partial charge in [-0.1, -0.05) is 72.8 Å². The zero-order valence-corrected chi connectivity index (χ0v) is 19.1. The van der Waals surface area contributed by atoms with Crippen molar-refractivity contribution in [1.82, 2.24) is 15.2 Å². The second-order valence-electron chi connectivity index (χ2n) is 8.41. The number of pyridine rings is 1. The van der Waals surface area contributed by atoms with Crippen molar-refractivity contribution in [3.63, 3.8) is 0 Å². The number of aryl methyl sites for hydroxylation is 2. The standard InChI is InChI=1S/C28H29N3O2/c1-20-9-6-7-13-23(20)15-16-31(28(33)29-18-22-11-4-3-5-12-22)19-25-17-24-14-8-10-21(2)26(24)30-27(25)32/h3-14,17H,15-16,18-19H2,1-2H3,(H,29,33)(H,30,32). The van der Waals surface area contributed by atoms with Crippen LogP contribution in [-0.2, 0) is 19.5 Å². The van der Waals surface area contributed by atoms with Crippen molar-refractivity contribution in [2.75, 3.05) is 6.54 Å². The predicted octanol–water partition coefficient (Wildman–Crippen LogP) is 5.10. The first-order valence-electron chi connectivity index (χ1n) is 11.2. The molecule has 0 fully saturated rings. The summed E-state index contributed by atoms with van der Waals surface area (Å²) in [5.74, 6) is 0. The van der Waals surface area contributed by atoms with Crippen LogP contribution in [0.3, 0.4) is 0 Å². The third-order valence-electron chi connectivity index (χ3n) is 6.01. The number of hydrogen-bond donors (Lipinski definition) is 2. The summed E-state index contributed by atoms with van der Waals surface area (Å²) in [4.78, 5) is 30.7. The number of H-pyrrole nitrogens is 1. The lowest BCUT2D eigenvalue weighted by Gasteiger charge is -2.24. The normalized spacial score (nSPS) is 10.8. The Labute approximate surface area is 194 Å². The first-order chi connectivity index (χ1) is 16.0. The summed E-state index contributed by atoms with van der Waals surface area (Å²) in [5, 5.41) is 3.98. The first kappa shape index (κ1) is 22.3. The third-order valence-corrected chi connectivity index (χ3v) is 6.01. The maximum absolute atomic E-state index is 13.2. The van der Waals surface area contributed by atoms with Crippen molar-refractivity contribution >= 4 is 16.9 Å². The number of hydrogen-bond acceptors (Lipinski definition) is 2. The van der Waals surface area contributed by atoms with E-state index in [1.54, 1.807) is 4.90 Å². The van der Waals surface area contributed by atoms with Crippen molar-refractivity contribution in [3.05, 3.63) is 117 Å². The number of carbonyl (C=O) groups is 1. The molecule has 3 aromatic carbocycles. The lowest BCUT2D eigenvalue weighted by molar-refractivity contribution is 0.195. The predicted molar refractivity (Wildman–Crippen MR) is 133 cm³/mol. The first-order valence-corrected chi connectivity index (χ1v) is 11.2. The van der Waals surface area contributed by atoms with Gasteiger partial charge in [-0.25, -0.2) is 4.79 Å². The van der Waals surface area contributed by atoms with Gasteiger partial charge in [-0.2, -0.15) is 0 Å². The zero-order valence-electron chi connectivity index (χ0n) is 19.1. The van der Waals surface area contributed by atoms with Gasteiger partial charge in [0, 0.05) is 18.7 Å². The number of rotatable bonds is 7. The highest BCUT2D eigenvalue weighted by Gasteiger charge is 2.17. The van der Waals surface area contributed by atoms with E-state index in [1.807, 2.05) is 73.7 Å². The van der Waals surface area contributed by atoms with Crippen LogP contribution < -0.4 is 10.9 Å². The molecule has 1 aromatic heterocycles. The molecule has 33 heavy (non-hydrogen) atoms. The molecule has 0 bridgehead atoms. The molecule has 0 aliphatic carbocycles. The van der Waals surface area contributed by atoms with Crippen LogP contribution in [0.2, 0.25) is 0 Å². The van der Waals surface area contributed by atoms with Crippen LogP contribution in [0.1, 0.15) is 27.8 Å². The van der Waals surface area contributed by atoms with Crippen LogP contribution >= 0.6 is 0 Å². The Morgan fingerprint density at radius 1 is 0.879 bits per heavy atom. The van der Waals surface area contributed by atoms with Gasteiger partial charge < -0.3 is 15.2 Å². The van der Waals surface area contributed by atoms with Crippen molar-refractivity contribution in [2.24, 2.45) is 0 Å². The van der Waals surface area contributed by atoms with E-state index in [-0.39, 0.29) is 18.1 Å². The van der Waals surface area contributed by atoms with Crippen LogP contribution in [0.15, 0.2) is 83.7 Å². The van der Waals surface area contributed by atoms with Gasteiger partial charge in [-0.15, -0.1) is 0 Å². The van der Waals surface area contributed by atoms with Crippen molar-refractivity contribution < 1.29 is 4.79 Å². The number of fused-ring (bicyclic) bond motifs is 1. The van der Waals surface area contributed by atoms with Gasteiger partial charge in [-0.3, -0.25) is 4.79 Å². The Bertz CT molecular complexity index is 1310. The molecule has 0 atom stereocenters. The highest BCUT2D eigenvalue weighted by molar-refractivity contribution is 5.82. The highest BCUT2D eigenvalue weighted by Crippen LogP contribution is 2.16. The van der Waals surface area contributed by atoms with E-state index in [9.17, 15) is 9.59 Å². The average Bonchev–Trinajstić information content (AvgIpc) is 2.82. The zero-order chi connectivity index (χ0) is 23.2. The van der Waals surface area contributed by atoms with E-state index in [1.165, 1.54) is 11.1 Å². The molecule has 2 N–H and O–H groups in total. The lowest BCUT2D eigenvalue weighted by Crippen LogP contribution is -2.41. The molecular weight excluding hydrogens is 410 g/mol. The van der Waals surface area contributed by atoms with E-state index < -0.39 is 0 Å². The summed E-state index contributed by atoms with van der Waals surface area (Å²) in [6.07, 6.45) is 0.718. The van der Waals surface area contributed by atoms with Crippen LogP contribution in [-0.4, -0.2) is 22.5 Å². The molecule has 4 rings (SSSR count). The van der Waals surface area contributed by atoms with Crippen LogP contribution in [0.4, 0.5) is 4.79 Å². The largest absolute Gasteiger partial charge is 0.334 e. The number of amides is 2. The number of aromatic amines is 1. The molecule has 1 heterocycles. The molecule has 5 heteroatoms. The number of carbonyl (C=O) groups excluding carboxylic acids is 1. The minimum atomic E-state index is -0.184. The summed E-state index contributed by atoms with van der Waals surface area (Å²) in [5.41, 5.74) is 5.70. The fourth-order valence-corrected chi connectivity index (χ4v) is 4.04. The van der Waals surface area contributed by atoms with E-state index in [4.69, 9.17) is 0 Å². The smallest absolute Gasteiger partial charge is 0.317 e. The topological polar surface area (TPSA) is 65.2 Å². The molecule has 2 amide bonds. The molecule has 0 spiro atoms. The number of benzene rings is 3. The van der Waals surface area contributed by atoms with E-state index in [0.717, 1.165) is 28.5 Å². The Balaban J connectivity index is 1.57. The van der Waals surface area contributed by atoms with Gasteiger partial charge in [0.05, 0.1) is 12.1 Å². The molecule has 0 saturated carbocycles. The molecule has 0 aliphatic heterocycles. The lowest BCUT2D eigenvalue weighted by atomic mass is 10.1. The van der Waals surface area contributed by atoms with Gasteiger partial charge in [0.1, 0.15) is 0 Å². The van der Waals surface area contributed by atoms with Crippen molar-refractivity contribution in [2.45, 2.75) is 33.4 Å². The van der Waals surface area contributed by atoms with Crippen LogP contribution in [0.5, 0.6) is 0 Å². The summed E-state index contributed by atoms with van der Waals surface area (Å²) < 4.78 is 0. The Morgan fingerprint density at radius 3 is 2.39 bits per heavy atom. The highest BCUT2D eigenvalue weighted by atomic mass is 16.2. The van der Waals surface area contributed by atoms with Gasteiger partial charge in [0.25, 0.3) is 5.56 Å². The minimum Gasteiger partial charge on any atom is -0.334 e. The van der Waals surface area contributed by atoms with E-state index in [0.29, 0.717) is 18.7 Å². The summed E-state index contributed by atoms with van der Waals surface area (Å²) in [7, 11) is 0. The maximum Gasteiger partial charge on any atom is 0.317 e. The molecule has 0 aliphatic rings. The Kier molecular flexibility index (Phi) is 6.89. The van der Waals surface area contributed by atoms with E-state index >= 15 is 0 Å². The Hall–Kier alpha value is -3.86. The number of urea groups is 1. The van der Waals surface area contributed by atoms with Gasteiger partial charge in [0.2, 0.25) is 0 Å². The van der Waals surface area contributed by atoms with E-state index in [2.05, 4.69) is 29.4 Å². The number of para-hydroxylation sites is 1. The number of nitrogens with one attached hydrogen (secondary N) is 2. The summed E-state index contributed by atoms with van der Waals surface area (Å²) in [6, 6.07) is 25.6. The monoisotopic (exact) mass is 439 g/mol. The molecule has 168 valence electrons. The number of aromatic nitrogens is 1. The molecule has 0 saturated heterocycles. The van der Waals surface area contributed by atoms with Gasteiger partial charge in [-0.05, 0) is 54.0 Å². The summed E-state index contributed by atoms with van der Waals surface area (Å²) >= 11 is 0. The maximum atomic E-state index is 13.2. The van der Waals surface area contributed by atoms with Gasteiger partial charge in [0.15, 0.2) is 0 Å². The molecule has 0 radical (unpaired) electrons. The fraction of sp³-hybridized carbons (Fsp3) is 0.214. The van der Waals surface area contributed by atoms with Crippen molar-refractivity contribution in [3.8, 4) is 0 Å². The quantitative estimate of drug-likeness (QED) is 0.421. The SMILES string of the molecule is Cc1ccccc1CCN(Cc1cc2cccc(C)c2[nH]c1=O)C(=O)NCc1ccccc1. The molecule has 5 nitrogen and oxygen atoms in total. The van der Waals surface area contributed by atoms with Crippen LogP contribution in [0, 0.1) is 13.8 Å². The second kappa shape index (κ2) is 10.2. The fourth-order valence-electron chi connectivity index (χ4n) is 4.04.